The van der Waals surface area contributed by atoms with Crippen LogP contribution in [0, 0.1) is 10.1 Å². The molecule has 0 unspecified atom stereocenters. The number of rotatable bonds is 6. The fourth-order valence-electron chi connectivity index (χ4n) is 3.04. The van der Waals surface area contributed by atoms with Gasteiger partial charge in [-0.1, -0.05) is 0 Å². The Hall–Kier alpha value is -2.32. The number of nitrogens with zero attached hydrogens (tertiary/aromatic N) is 4. The molecule has 1 aromatic heterocycles. The topological polar surface area (TPSA) is 90.5 Å². The Balaban J connectivity index is 2.09. The molecule has 0 atom stereocenters. The molecule has 0 radical (unpaired) electrons. The number of hydrogen-bond acceptors (Lipinski definition) is 6. The van der Waals surface area contributed by atoms with Crippen molar-refractivity contribution in [1.29, 1.82) is 0 Å². The van der Waals surface area contributed by atoms with Crippen LogP contribution in [0.3, 0.4) is 0 Å². The van der Waals surface area contributed by atoms with Crippen LogP contribution in [0.25, 0.3) is 10.9 Å². The van der Waals surface area contributed by atoms with Crippen LogP contribution in [0.4, 0.5) is 5.69 Å². The van der Waals surface area contributed by atoms with Crippen LogP contribution >= 0.6 is 0 Å². The number of likely N-dealkylation sites (tertiary alicyclic amines) is 1. The molecule has 128 valence electrons. The zero-order valence-corrected chi connectivity index (χ0v) is 13.6. The molecule has 0 spiro atoms. The van der Waals surface area contributed by atoms with E-state index >= 15 is 0 Å². The minimum atomic E-state index is -0.503. The highest BCUT2D eigenvalue weighted by molar-refractivity contribution is 5.80. The highest BCUT2D eigenvalue weighted by Crippen LogP contribution is 2.18. The van der Waals surface area contributed by atoms with Crippen LogP contribution in [0.2, 0.25) is 0 Å². The van der Waals surface area contributed by atoms with Crippen molar-refractivity contribution in [2.45, 2.75) is 25.9 Å². The number of non-ortho nitro benzene ring substituents is 1. The first-order chi connectivity index (χ1) is 11.6. The van der Waals surface area contributed by atoms with Gasteiger partial charge in [0.1, 0.15) is 5.82 Å². The Morgan fingerprint density at radius 1 is 1.33 bits per heavy atom. The summed E-state index contributed by atoms with van der Waals surface area (Å²) in [6.45, 7) is 3.36. The highest BCUT2D eigenvalue weighted by Gasteiger charge is 2.18. The maximum atomic E-state index is 12.8. The minimum absolute atomic E-state index is 0.105. The third kappa shape index (κ3) is 3.29. The molecule has 8 nitrogen and oxygen atoms in total. The molecule has 1 aliphatic rings. The van der Waals surface area contributed by atoms with E-state index in [1.165, 1.54) is 12.1 Å². The second-order valence-corrected chi connectivity index (χ2v) is 5.92. The predicted molar refractivity (Wildman–Crippen MR) is 89.0 cm³/mol. The normalized spacial score (nSPS) is 15.2. The summed E-state index contributed by atoms with van der Waals surface area (Å²) < 4.78 is 6.67. The summed E-state index contributed by atoms with van der Waals surface area (Å²) in [7, 11) is 1.57. The molecule has 1 fully saturated rings. The van der Waals surface area contributed by atoms with Gasteiger partial charge in [-0.2, -0.15) is 0 Å². The van der Waals surface area contributed by atoms with E-state index in [1.807, 2.05) is 0 Å². The molecule has 0 N–H and O–H groups in total. The van der Waals surface area contributed by atoms with Gasteiger partial charge in [-0.25, -0.2) is 4.98 Å². The second kappa shape index (κ2) is 7.06. The van der Waals surface area contributed by atoms with E-state index in [0.717, 1.165) is 25.9 Å². The number of benzene rings is 1. The van der Waals surface area contributed by atoms with Gasteiger partial charge in [0.15, 0.2) is 0 Å². The smallest absolute Gasteiger partial charge is 0.270 e. The summed E-state index contributed by atoms with van der Waals surface area (Å²) >= 11 is 0. The molecule has 1 aromatic carbocycles. The van der Waals surface area contributed by atoms with Crippen molar-refractivity contribution < 1.29 is 9.66 Å². The van der Waals surface area contributed by atoms with E-state index in [1.54, 1.807) is 17.7 Å². The molecule has 0 saturated carbocycles. The summed E-state index contributed by atoms with van der Waals surface area (Å²) in [5.41, 5.74) is 0.135. The highest BCUT2D eigenvalue weighted by atomic mass is 16.6. The molecule has 1 aliphatic heterocycles. The minimum Gasteiger partial charge on any atom is -0.383 e. The van der Waals surface area contributed by atoms with Crippen molar-refractivity contribution in [2.24, 2.45) is 0 Å². The van der Waals surface area contributed by atoms with Crippen LogP contribution in [0.1, 0.15) is 18.7 Å². The standard InChI is InChI=1S/C16H20N4O4/c1-24-9-8-19-15(11-18-6-2-3-7-18)17-14-5-4-12(20(22)23)10-13(14)16(19)21/h4-5,10H,2-3,6-9,11H2,1H3. The fourth-order valence-corrected chi connectivity index (χ4v) is 3.04. The third-order valence-electron chi connectivity index (χ3n) is 4.31. The maximum Gasteiger partial charge on any atom is 0.270 e. The van der Waals surface area contributed by atoms with E-state index in [2.05, 4.69) is 9.88 Å². The van der Waals surface area contributed by atoms with Crippen molar-refractivity contribution in [1.82, 2.24) is 14.5 Å². The number of aromatic nitrogens is 2. The van der Waals surface area contributed by atoms with Gasteiger partial charge < -0.3 is 4.74 Å². The van der Waals surface area contributed by atoms with Gasteiger partial charge in [-0.05, 0) is 32.0 Å². The molecule has 0 amide bonds. The van der Waals surface area contributed by atoms with Crippen LogP contribution in [-0.2, 0) is 17.8 Å². The molecule has 2 aromatic rings. The van der Waals surface area contributed by atoms with Crippen LogP contribution in [-0.4, -0.2) is 46.2 Å². The van der Waals surface area contributed by atoms with Crippen molar-refractivity contribution in [3.63, 3.8) is 0 Å². The van der Waals surface area contributed by atoms with Crippen LogP contribution in [0.15, 0.2) is 23.0 Å². The Bertz CT molecular complexity index is 812. The van der Waals surface area contributed by atoms with Crippen LogP contribution < -0.4 is 5.56 Å². The van der Waals surface area contributed by atoms with E-state index in [9.17, 15) is 14.9 Å². The Labute approximate surface area is 138 Å². The van der Waals surface area contributed by atoms with Crippen molar-refractivity contribution in [2.75, 3.05) is 26.8 Å². The van der Waals surface area contributed by atoms with Gasteiger partial charge in [0, 0.05) is 19.2 Å². The number of nitro benzene ring substituents is 1. The van der Waals surface area contributed by atoms with Gasteiger partial charge in [0.2, 0.25) is 0 Å². The summed E-state index contributed by atoms with van der Waals surface area (Å²) in [5, 5.41) is 11.2. The largest absolute Gasteiger partial charge is 0.383 e. The van der Waals surface area contributed by atoms with Gasteiger partial charge in [0.25, 0.3) is 11.2 Å². The predicted octanol–water partition coefficient (Wildman–Crippen LogP) is 1.55. The molecule has 0 aliphatic carbocycles. The monoisotopic (exact) mass is 332 g/mol. The second-order valence-electron chi connectivity index (χ2n) is 5.92. The van der Waals surface area contributed by atoms with Gasteiger partial charge in [0.05, 0.1) is 35.5 Å². The summed E-state index contributed by atoms with van der Waals surface area (Å²) in [6, 6.07) is 4.23. The van der Waals surface area contributed by atoms with E-state index in [4.69, 9.17) is 4.74 Å². The van der Waals surface area contributed by atoms with Gasteiger partial charge in [-0.3, -0.25) is 24.4 Å². The SMILES string of the molecule is COCCn1c(CN2CCCC2)nc2ccc([N+](=O)[O-])cc2c1=O. The molecule has 1 saturated heterocycles. The van der Waals surface area contributed by atoms with E-state index < -0.39 is 4.92 Å². The van der Waals surface area contributed by atoms with Gasteiger partial charge >= 0.3 is 0 Å². The number of ether oxygens (including phenoxy) is 1. The van der Waals surface area contributed by atoms with E-state index in [0.29, 0.717) is 31.0 Å². The molecule has 2 heterocycles. The lowest BCUT2D eigenvalue weighted by Crippen LogP contribution is -2.31. The molecule has 24 heavy (non-hydrogen) atoms. The number of fused-ring (bicyclic) bond motifs is 1. The van der Waals surface area contributed by atoms with Crippen LogP contribution in [0.5, 0.6) is 0 Å². The first-order valence-electron chi connectivity index (χ1n) is 7.99. The lowest BCUT2D eigenvalue weighted by atomic mass is 10.2. The van der Waals surface area contributed by atoms with Gasteiger partial charge in [-0.15, -0.1) is 0 Å². The number of nitro groups is 1. The number of methoxy groups -OCH3 is 1. The van der Waals surface area contributed by atoms with Crippen molar-refractivity contribution >= 4 is 16.6 Å². The molecule has 3 rings (SSSR count). The lowest BCUT2D eigenvalue weighted by Gasteiger charge is -2.18. The Morgan fingerprint density at radius 2 is 2.08 bits per heavy atom. The Kier molecular flexibility index (Phi) is 4.86. The zero-order chi connectivity index (χ0) is 17.1. The lowest BCUT2D eigenvalue weighted by molar-refractivity contribution is -0.384. The van der Waals surface area contributed by atoms with E-state index in [-0.39, 0.29) is 16.6 Å². The average molecular weight is 332 g/mol. The third-order valence-corrected chi connectivity index (χ3v) is 4.31. The first-order valence-corrected chi connectivity index (χ1v) is 7.99. The van der Waals surface area contributed by atoms with Crippen molar-refractivity contribution in [3.8, 4) is 0 Å². The molecular weight excluding hydrogens is 312 g/mol. The Morgan fingerprint density at radius 3 is 2.75 bits per heavy atom. The van der Waals surface area contributed by atoms with Crippen molar-refractivity contribution in [3.05, 3.63) is 44.5 Å². The molecule has 0 bridgehead atoms. The zero-order valence-electron chi connectivity index (χ0n) is 13.6. The number of hydrogen-bond donors (Lipinski definition) is 0. The first kappa shape index (κ1) is 16.5. The fraction of sp³-hybridized carbons (Fsp3) is 0.500. The summed E-state index contributed by atoms with van der Waals surface area (Å²) in [4.78, 5) is 30.1. The quantitative estimate of drug-likeness (QED) is 0.589. The summed E-state index contributed by atoms with van der Waals surface area (Å²) in [5.74, 6) is 0.681. The average Bonchev–Trinajstić information content (AvgIpc) is 3.07. The maximum absolute atomic E-state index is 12.8. The molecule has 8 heteroatoms. The summed E-state index contributed by atoms with van der Waals surface area (Å²) in [6.07, 6.45) is 2.31. The molecular formula is C16H20N4O4.